The summed E-state index contributed by atoms with van der Waals surface area (Å²) in [4.78, 5) is 18.9. The molecule has 2 aliphatic heterocycles. The maximum absolute atomic E-state index is 13.2. The fraction of sp³-hybridized carbons (Fsp3) is 0.571. The smallest absolute Gasteiger partial charge is 0.350 e. The molecule has 0 aliphatic carbocycles. The van der Waals surface area contributed by atoms with Gasteiger partial charge in [0.1, 0.15) is 0 Å². The summed E-state index contributed by atoms with van der Waals surface area (Å²) < 4.78 is 51.2. The van der Waals surface area contributed by atoms with E-state index in [1.54, 1.807) is 4.90 Å². The van der Waals surface area contributed by atoms with Crippen LogP contribution in [-0.2, 0) is 15.7 Å². The topological polar surface area (TPSA) is 69.5 Å². The number of likely N-dealkylation sites (tertiary alicyclic amines) is 1. The first-order valence-electron chi connectivity index (χ1n) is 10.4. The molecule has 2 aromatic rings. The van der Waals surface area contributed by atoms with Crippen LogP contribution in [0.1, 0.15) is 54.2 Å². The number of carbonyl (C=O) groups excluding carboxylic acids is 1. The second-order valence-electron chi connectivity index (χ2n) is 8.15. The highest BCUT2D eigenvalue weighted by Gasteiger charge is 2.34. The molecule has 0 atom stereocenters. The van der Waals surface area contributed by atoms with Gasteiger partial charge in [0.05, 0.1) is 36.2 Å². The van der Waals surface area contributed by atoms with E-state index in [4.69, 9.17) is 9.47 Å². The quantitative estimate of drug-likeness (QED) is 0.729. The number of amides is 1. The molecule has 0 bridgehead atoms. The third kappa shape index (κ3) is 4.45. The number of piperidine rings is 1. The summed E-state index contributed by atoms with van der Waals surface area (Å²) in [5.74, 6) is 0.303. The second-order valence-corrected chi connectivity index (χ2v) is 8.15. The van der Waals surface area contributed by atoms with Gasteiger partial charge in [0, 0.05) is 25.2 Å². The maximum atomic E-state index is 13.2. The number of nitrogens with zero attached hydrogens (tertiary/aromatic N) is 4. The third-order valence-electron chi connectivity index (χ3n) is 5.74. The van der Waals surface area contributed by atoms with Gasteiger partial charge in [-0.05, 0) is 30.9 Å². The lowest BCUT2D eigenvalue weighted by molar-refractivity contribution is -0.137. The van der Waals surface area contributed by atoms with Crippen molar-refractivity contribution >= 4 is 5.91 Å². The first-order chi connectivity index (χ1) is 14.8. The highest BCUT2D eigenvalue weighted by Crippen LogP contribution is 2.31. The van der Waals surface area contributed by atoms with E-state index < -0.39 is 11.7 Å². The van der Waals surface area contributed by atoms with Crippen molar-refractivity contribution in [2.45, 2.75) is 45.1 Å². The first kappa shape index (κ1) is 21.8. The molecule has 10 heteroatoms. The van der Waals surface area contributed by atoms with Crippen molar-refractivity contribution < 1.29 is 27.4 Å². The standard InChI is InChI=1S/C21H25F3N4O3/c1-13(2)18-16(12-26-28(18)17-4-3-15(11-25-17)21(22,23)24)19(29)27-7-5-14(6-8-27)20-30-9-10-31-20/h3-4,11-14,20H,5-10H2,1-2H3. The number of alkyl halides is 3. The number of rotatable bonds is 4. The van der Waals surface area contributed by atoms with Crippen LogP contribution < -0.4 is 0 Å². The zero-order chi connectivity index (χ0) is 22.2. The monoisotopic (exact) mass is 438 g/mol. The van der Waals surface area contributed by atoms with Gasteiger partial charge in [-0.25, -0.2) is 9.67 Å². The minimum Gasteiger partial charge on any atom is -0.350 e. The predicted molar refractivity (Wildman–Crippen MR) is 105 cm³/mol. The third-order valence-corrected chi connectivity index (χ3v) is 5.74. The average molecular weight is 438 g/mol. The van der Waals surface area contributed by atoms with Crippen molar-refractivity contribution in [1.29, 1.82) is 0 Å². The fourth-order valence-electron chi connectivity index (χ4n) is 4.13. The van der Waals surface area contributed by atoms with E-state index in [2.05, 4.69) is 10.1 Å². The zero-order valence-corrected chi connectivity index (χ0v) is 17.4. The van der Waals surface area contributed by atoms with Gasteiger partial charge in [-0.15, -0.1) is 0 Å². The molecule has 1 amide bonds. The Kier molecular flexibility index (Phi) is 6.02. The lowest BCUT2D eigenvalue weighted by Gasteiger charge is -2.34. The highest BCUT2D eigenvalue weighted by molar-refractivity contribution is 5.95. The summed E-state index contributed by atoms with van der Waals surface area (Å²) in [7, 11) is 0. The van der Waals surface area contributed by atoms with Crippen molar-refractivity contribution in [3.8, 4) is 5.82 Å². The lowest BCUT2D eigenvalue weighted by atomic mass is 9.95. The Hall–Kier alpha value is -2.46. The Labute approximate surface area is 178 Å². The lowest BCUT2D eigenvalue weighted by Crippen LogP contribution is -2.41. The molecule has 31 heavy (non-hydrogen) atoms. The SMILES string of the molecule is CC(C)c1c(C(=O)N2CCC(C3OCCO3)CC2)cnn1-c1ccc(C(F)(F)F)cn1. The van der Waals surface area contributed by atoms with E-state index in [1.165, 1.54) is 16.9 Å². The molecular weight excluding hydrogens is 413 g/mol. The Morgan fingerprint density at radius 3 is 2.35 bits per heavy atom. The van der Waals surface area contributed by atoms with Crippen molar-refractivity contribution in [2.75, 3.05) is 26.3 Å². The van der Waals surface area contributed by atoms with Gasteiger partial charge in [-0.2, -0.15) is 18.3 Å². The minimum absolute atomic E-state index is 0.0802. The van der Waals surface area contributed by atoms with Crippen molar-refractivity contribution in [1.82, 2.24) is 19.7 Å². The van der Waals surface area contributed by atoms with Crippen molar-refractivity contribution in [2.24, 2.45) is 5.92 Å². The van der Waals surface area contributed by atoms with Crippen LogP contribution in [0.4, 0.5) is 13.2 Å². The Bertz CT molecular complexity index is 913. The van der Waals surface area contributed by atoms with E-state index >= 15 is 0 Å². The van der Waals surface area contributed by atoms with Gasteiger partial charge >= 0.3 is 6.18 Å². The molecule has 7 nitrogen and oxygen atoms in total. The number of halogens is 3. The normalized spacial score (nSPS) is 18.8. The summed E-state index contributed by atoms with van der Waals surface area (Å²) in [6.45, 7) is 6.23. The maximum Gasteiger partial charge on any atom is 0.417 e. The molecule has 0 spiro atoms. The summed E-state index contributed by atoms with van der Waals surface area (Å²) in [6, 6.07) is 2.23. The van der Waals surface area contributed by atoms with E-state index in [0.29, 0.717) is 37.6 Å². The second kappa shape index (κ2) is 8.58. The Morgan fingerprint density at radius 1 is 1.13 bits per heavy atom. The van der Waals surface area contributed by atoms with Crippen LogP contribution in [0.5, 0.6) is 0 Å². The van der Waals surface area contributed by atoms with Gasteiger partial charge in [-0.1, -0.05) is 13.8 Å². The first-order valence-corrected chi connectivity index (χ1v) is 10.4. The molecule has 2 saturated heterocycles. The van der Waals surface area contributed by atoms with Crippen molar-refractivity contribution in [3.05, 3.63) is 41.3 Å². The number of hydrogen-bond acceptors (Lipinski definition) is 5. The fourth-order valence-corrected chi connectivity index (χ4v) is 4.13. The van der Waals surface area contributed by atoms with E-state index in [-0.39, 0.29) is 29.9 Å². The average Bonchev–Trinajstić information content (AvgIpc) is 3.43. The molecule has 4 rings (SSSR count). The number of hydrogen-bond donors (Lipinski definition) is 0. The van der Waals surface area contributed by atoms with Gasteiger partial charge in [-0.3, -0.25) is 4.79 Å². The highest BCUT2D eigenvalue weighted by atomic mass is 19.4. The van der Waals surface area contributed by atoms with E-state index in [0.717, 1.165) is 25.1 Å². The largest absolute Gasteiger partial charge is 0.417 e. The Morgan fingerprint density at radius 2 is 1.81 bits per heavy atom. The van der Waals surface area contributed by atoms with Crippen LogP contribution in [0, 0.1) is 5.92 Å². The number of aromatic nitrogens is 3. The molecule has 168 valence electrons. The van der Waals surface area contributed by atoms with Gasteiger partial charge in [0.15, 0.2) is 12.1 Å². The van der Waals surface area contributed by atoms with Crippen LogP contribution in [0.25, 0.3) is 5.82 Å². The molecule has 0 radical (unpaired) electrons. The van der Waals surface area contributed by atoms with Gasteiger partial charge in [0.2, 0.25) is 0 Å². The van der Waals surface area contributed by atoms with Gasteiger partial charge in [0.25, 0.3) is 5.91 Å². The summed E-state index contributed by atoms with van der Waals surface area (Å²) >= 11 is 0. The molecule has 0 aromatic carbocycles. The molecule has 4 heterocycles. The van der Waals surface area contributed by atoms with Crippen LogP contribution >= 0.6 is 0 Å². The van der Waals surface area contributed by atoms with Crippen LogP contribution in [0.3, 0.4) is 0 Å². The number of carbonyl (C=O) groups is 1. The predicted octanol–water partition coefficient (Wildman–Crippen LogP) is 3.63. The Balaban J connectivity index is 1.53. The molecule has 2 fully saturated rings. The zero-order valence-electron chi connectivity index (χ0n) is 17.4. The minimum atomic E-state index is -4.46. The van der Waals surface area contributed by atoms with E-state index in [9.17, 15) is 18.0 Å². The van der Waals surface area contributed by atoms with E-state index in [1.807, 2.05) is 13.8 Å². The van der Waals surface area contributed by atoms with Crippen LogP contribution in [0.15, 0.2) is 24.5 Å². The summed E-state index contributed by atoms with van der Waals surface area (Å²) in [6.07, 6.45) is -0.799. The van der Waals surface area contributed by atoms with Gasteiger partial charge < -0.3 is 14.4 Å². The van der Waals surface area contributed by atoms with Crippen LogP contribution in [0.2, 0.25) is 0 Å². The summed E-state index contributed by atoms with van der Waals surface area (Å²) in [5, 5.41) is 4.28. The number of pyridine rings is 1. The van der Waals surface area contributed by atoms with Crippen molar-refractivity contribution in [3.63, 3.8) is 0 Å². The molecule has 0 unspecified atom stereocenters. The molecule has 0 saturated carbocycles. The number of ether oxygens (including phenoxy) is 2. The summed E-state index contributed by atoms with van der Waals surface area (Å²) in [5.41, 5.74) is 0.245. The van der Waals surface area contributed by atoms with Crippen LogP contribution in [-0.4, -0.2) is 58.2 Å². The molecule has 2 aromatic heterocycles. The molecule has 0 N–H and O–H groups in total. The molecule has 2 aliphatic rings. The molecular formula is C21H25F3N4O3.